The Morgan fingerprint density at radius 3 is 2.74 bits per heavy atom. The predicted molar refractivity (Wildman–Crippen MR) is 117 cm³/mol. The minimum atomic E-state index is -0.136. The molecule has 3 aromatic rings. The molecule has 0 saturated carbocycles. The molecule has 0 radical (unpaired) electrons. The number of rotatable bonds is 7. The van der Waals surface area contributed by atoms with Crippen molar-refractivity contribution in [2.75, 3.05) is 19.0 Å². The van der Waals surface area contributed by atoms with E-state index in [4.69, 9.17) is 13.9 Å². The van der Waals surface area contributed by atoms with Gasteiger partial charge in [-0.15, -0.1) is 10.2 Å². The van der Waals surface area contributed by atoms with Gasteiger partial charge in [-0.1, -0.05) is 31.7 Å². The van der Waals surface area contributed by atoms with Crippen LogP contribution >= 0.6 is 11.8 Å². The second-order valence-corrected chi connectivity index (χ2v) is 8.62. The molecule has 1 aliphatic rings. The van der Waals surface area contributed by atoms with E-state index in [1.807, 2.05) is 35.9 Å². The first-order valence-electron chi connectivity index (χ1n) is 10.3. The molecule has 1 amide bonds. The van der Waals surface area contributed by atoms with Crippen LogP contribution in [0, 0.1) is 5.92 Å². The number of aromatic nitrogens is 3. The summed E-state index contributed by atoms with van der Waals surface area (Å²) in [5.74, 6) is 3.12. The van der Waals surface area contributed by atoms with Crippen LogP contribution in [0.1, 0.15) is 31.9 Å². The van der Waals surface area contributed by atoms with Gasteiger partial charge < -0.3 is 23.8 Å². The highest BCUT2D eigenvalue weighted by Crippen LogP contribution is 2.34. The number of hydrogen-bond acceptors (Lipinski definition) is 7. The standard InChI is InChI=1S/C22H26N4O4S/c1-14(2)20(15-7-8-16-18(12-15)30-11-5-10-28-16)23-19(27)13-31-22-25-24-21(26(22)3)17-6-4-9-29-17/h4,6-9,12,14,20H,5,10-11,13H2,1-3H3,(H,23,27)/t20-/m1/s1. The van der Waals surface area contributed by atoms with E-state index in [0.29, 0.717) is 30.0 Å². The molecule has 0 aliphatic carbocycles. The van der Waals surface area contributed by atoms with Crippen LogP contribution in [0.3, 0.4) is 0 Å². The zero-order valence-corrected chi connectivity index (χ0v) is 18.6. The highest BCUT2D eigenvalue weighted by atomic mass is 32.2. The Bertz CT molecular complexity index is 1030. The average molecular weight is 443 g/mol. The molecule has 2 aromatic heterocycles. The van der Waals surface area contributed by atoms with Crippen LogP contribution in [-0.2, 0) is 11.8 Å². The molecular weight excluding hydrogens is 416 g/mol. The minimum absolute atomic E-state index is 0.0710. The van der Waals surface area contributed by atoms with E-state index in [-0.39, 0.29) is 23.6 Å². The Balaban J connectivity index is 1.41. The van der Waals surface area contributed by atoms with Gasteiger partial charge >= 0.3 is 0 Å². The Morgan fingerprint density at radius 2 is 2.00 bits per heavy atom. The molecule has 8 nitrogen and oxygen atoms in total. The van der Waals surface area contributed by atoms with Gasteiger partial charge in [-0.25, -0.2) is 0 Å². The zero-order valence-electron chi connectivity index (χ0n) is 17.8. The maximum atomic E-state index is 12.7. The normalized spacial score (nSPS) is 14.3. The topological polar surface area (TPSA) is 91.4 Å². The Kier molecular flexibility index (Phi) is 6.50. The molecule has 3 heterocycles. The van der Waals surface area contributed by atoms with Crippen molar-refractivity contribution in [1.82, 2.24) is 20.1 Å². The smallest absolute Gasteiger partial charge is 0.230 e. The summed E-state index contributed by atoms with van der Waals surface area (Å²) in [5, 5.41) is 12.1. The highest BCUT2D eigenvalue weighted by Gasteiger charge is 2.22. The Hall–Kier alpha value is -2.94. The number of ether oxygens (including phenoxy) is 2. The number of nitrogens with one attached hydrogen (secondary N) is 1. The fourth-order valence-corrected chi connectivity index (χ4v) is 4.14. The number of thioether (sulfide) groups is 1. The number of fused-ring (bicyclic) bond motifs is 1. The highest BCUT2D eigenvalue weighted by molar-refractivity contribution is 7.99. The number of carbonyl (C=O) groups is 1. The quantitative estimate of drug-likeness (QED) is 0.556. The number of hydrogen-bond donors (Lipinski definition) is 1. The molecule has 0 fully saturated rings. The van der Waals surface area contributed by atoms with Crippen molar-refractivity contribution < 1.29 is 18.7 Å². The van der Waals surface area contributed by atoms with Gasteiger partial charge in [0.2, 0.25) is 5.91 Å². The van der Waals surface area contributed by atoms with Crippen molar-refractivity contribution in [3.8, 4) is 23.1 Å². The summed E-state index contributed by atoms with van der Waals surface area (Å²) in [4.78, 5) is 12.7. The first-order valence-corrected chi connectivity index (χ1v) is 11.3. The van der Waals surface area contributed by atoms with Crippen molar-refractivity contribution in [1.29, 1.82) is 0 Å². The van der Waals surface area contributed by atoms with E-state index in [0.717, 1.165) is 23.5 Å². The van der Waals surface area contributed by atoms with E-state index in [2.05, 4.69) is 29.4 Å². The minimum Gasteiger partial charge on any atom is -0.490 e. The number of benzene rings is 1. The summed E-state index contributed by atoms with van der Waals surface area (Å²) in [7, 11) is 1.85. The van der Waals surface area contributed by atoms with Crippen LogP contribution in [0.2, 0.25) is 0 Å². The molecule has 1 atom stereocenters. The lowest BCUT2D eigenvalue weighted by Gasteiger charge is -2.23. The van der Waals surface area contributed by atoms with Crippen LogP contribution in [0.15, 0.2) is 46.2 Å². The first-order chi connectivity index (χ1) is 15.0. The molecule has 1 N–H and O–H groups in total. The summed E-state index contributed by atoms with van der Waals surface area (Å²) in [6, 6.07) is 9.37. The summed E-state index contributed by atoms with van der Waals surface area (Å²) in [5.41, 5.74) is 0.997. The molecule has 1 aliphatic heterocycles. The second-order valence-electron chi connectivity index (χ2n) is 7.68. The molecular formula is C22H26N4O4S. The van der Waals surface area contributed by atoms with E-state index in [9.17, 15) is 4.79 Å². The van der Waals surface area contributed by atoms with Crippen molar-refractivity contribution in [3.05, 3.63) is 42.2 Å². The first kappa shape index (κ1) is 21.3. The molecule has 9 heteroatoms. The lowest BCUT2D eigenvalue weighted by molar-refractivity contribution is -0.119. The Morgan fingerprint density at radius 1 is 1.19 bits per heavy atom. The van der Waals surface area contributed by atoms with Crippen LogP contribution in [0.4, 0.5) is 0 Å². The molecule has 1 aromatic carbocycles. The van der Waals surface area contributed by atoms with Gasteiger partial charge in [0.15, 0.2) is 28.2 Å². The van der Waals surface area contributed by atoms with Crippen molar-refractivity contribution in [2.45, 2.75) is 31.5 Å². The maximum Gasteiger partial charge on any atom is 0.230 e. The number of amides is 1. The molecule has 0 spiro atoms. The van der Waals surface area contributed by atoms with Crippen LogP contribution in [0.5, 0.6) is 11.5 Å². The maximum absolute atomic E-state index is 12.7. The van der Waals surface area contributed by atoms with E-state index >= 15 is 0 Å². The van der Waals surface area contributed by atoms with Gasteiger partial charge in [-0.3, -0.25) is 4.79 Å². The van der Waals surface area contributed by atoms with Crippen LogP contribution in [0.25, 0.3) is 11.6 Å². The van der Waals surface area contributed by atoms with Crippen molar-refractivity contribution in [3.63, 3.8) is 0 Å². The SMILES string of the molecule is CC(C)[C@@H](NC(=O)CSc1nnc(-c2ccco2)n1C)c1ccc2c(c1)OCCCO2. The molecule has 4 rings (SSSR count). The van der Waals surface area contributed by atoms with Gasteiger partial charge in [0.1, 0.15) is 0 Å². The van der Waals surface area contributed by atoms with Crippen LogP contribution < -0.4 is 14.8 Å². The van der Waals surface area contributed by atoms with E-state index in [1.54, 1.807) is 12.3 Å². The predicted octanol–water partition coefficient (Wildman–Crippen LogP) is 3.84. The van der Waals surface area contributed by atoms with Gasteiger partial charge in [0, 0.05) is 13.5 Å². The molecule has 0 unspecified atom stereocenters. The largest absolute Gasteiger partial charge is 0.490 e. The van der Waals surface area contributed by atoms with Gasteiger partial charge in [-0.05, 0) is 35.7 Å². The van der Waals surface area contributed by atoms with Gasteiger partial charge in [0.05, 0.1) is 31.3 Å². The summed E-state index contributed by atoms with van der Waals surface area (Å²) < 4.78 is 18.7. The second kappa shape index (κ2) is 9.47. The van der Waals surface area contributed by atoms with E-state index in [1.165, 1.54) is 11.8 Å². The fourth-order valence-electron chi connectivity index (χ4n) is 3.41. The van der Waals surface area contributed by atoms with E-state index < -0.39 is 0 Å². The molecule has 0 bridgehead atoms. The molecule has 164 valence electrons. The average Bonchev–Trinajstić information content (AvgIpc) is 3.34. The van der Waals surface area contributed by atoms with Crippen molar-refractivity contribution in [2.24, 2.45) is 13.0 Å². The van der Waals surface area contributed by atoms with Crippen molar-refractivity contribution >= 4 is 17.7 Å². The number of nitrogens with zero attached hydrogens (tertiary/aromatic N) is 3. The summed E-state index contributed by atoms with van der Waals surface area (Å²) in [6.07, 6.45) is 2.45. The third-order valence-corrected chi connectivity index (χ3v) is 6.04. The summed E-state index contributed by atoms with van der Waals surface area (Å²) in [6.45, 7) is 5.44. The zero-order chi connectivity index (χ0) is 21.8. The third-order valence-electron chi connectivity index (χ3n) is 5.02. The van der Waals surface area contributed by atoms with Gasteiger partial charge in [0.25, 0.3) is 0 Å². The van der Waals surface area contributed by atoms with Crippen LogP contribution in [-0.4, -0.2) is 39.6 Å². The molecule has 0 saturated heterocycles. The summed E-state index contributed by atoms with van der Waals surface area (Å²) >= 11 is 1.34. The monoisotopic (exact) mass is 442 g/mol. The lowest BCUT2D eigenvalue weighted by atomic mass is 9.95. The Labute approximate surface area is 185 Å². The lowest BCUT2D eigenvalue weighted by Crippen LogP contribution is -2.33. The third kappa shape index (κ3) is 4.87. The van der Waals surface area contributed by atoms with Gasteiger partial charge in [-0.2, -0.15) is 0 Å². The molecule has 31 heavy (non-hydrogen) atoms. The number of carbonyl (C=O) groups excluding carboxylic acids is 1. The fraction of sp³-hybridized carbons (Fsp3) is 0.409. The number of furan rings is 1.